The molecular formula is C12H18N4O3. The SMILES string of the molecule is C=CCNCC(=O)N1CCC2(CC1)NC(=O)NC2=O. The van der Waals surface area contributed by atoms with Crippen molar-refractivity contribution in [3.63, 3.8) is 0 Å². The summed E-state index contributed by atoms with van der Waals surface area (Å²) in [6.07, 6.45) is 2.60. The lowest BCUT2D eigenvalue weighted by atomic mass is 9.88. The lowest BCUT2D eigenvalue weighted by Crippen LogP contribution is -2.56. The van der Waals surface area contributed by atoms with Crippen molar-refractivity contribution in [2.24, 2.45) is 0 Å². The van der Waals surface area contributed by atoms with Gasteiger partial charge in [0, 0.05) is 19.6 Å². The van der Waals surface area contributed by atoms with Crippen LogP contribution in [0.1, 0.15) is 12.8 Å². The number of imide groups is 1. The first kappa shape index (κ1) is 13.5. The minimum absolute atomic E-state index is 0.00133. The highest BCUT2D eigenvalue weighted by Gasteiger charge is 2.48. The molecule has 0 aliphatic carbocycles. The molecule has 0 aromatic rings. The summed E-state index contributed by atoms with van der Waals surface area (Å²) < 4.78 is 0. The third-order valence-electron chi connectivity index (χ3n) is 3.55. The topological polar surface area (TPSA) is 90.5 Å². The summed E-state index contributed by atoms with van der Waals surface area (Å²) in [4.78, 5) is 36.5. The van der Waals surface area contributed by atoms with Crippen LogP contribution < -0.4 is 16.0 Å². The Balaban J connectivity index is 1.85. The van der Waals surface area contributed by atoms with Gasteiger partial charge in [0.05, 0.1) is 6.54 Å². The number of nitrogens with one attached hydrogen (secondary N) is 3. The maximum Gasteiger partial charge on any atom is 0.322 e. The predicted molar refractivity (Wildman–Crippen MR) is 68.3 cm³/mol. The molecule has 19 heavy (non-hydrogen) atoms. The van der Waals surface area contributed by atoms with Crippen molar-refractivity contribution >= 4 is 17.8 Å². The minimum atomic E-state index is -0.817. The summed E-state index contributed by atoms with van der Waals surface area (Å²) in [5.41, 5.74) is -0.817. The lowest BCUT2D eigenvalue weighted by molar-refractivity contribution is -0.135. The van der Waals surface area contributed by atoms with Gasteiger partial charge in [-0.1, -0.05) is 6.08 Å². The number of nitrogens with zero attached hydrogens (tertiary/aromatic N) is 1. The van der Waals surface area contributed by atoms with Crippen LogP contribution in [-0.4, -0.2) is 54.5 Å². The quantitative estimate of drug-likeness (QED) is 0.344. The number of urea groups is 1. The molecule has 4 amide bonds. The first-order chi connectivity index (χ1) is 9.07. The van der Waals surface area contributed by atoms with Crippen LogP contribution in [0.25, 0.3) is 0 Å². The molecule has 0 radical (unpaired) electrons. The fraction of sp³-hybridized carbons (Fsp3) is 0.583. The minimum Gasteiger partial charge on any atom is -0.341 e. The van der Waals surface area contributed by atoms with E-state index >= 15 is 0 Å². The Hall–Kier alpha value is -1.89. The van der Waals surface area contributed by atoms with E-state index in [4.69, 9.17) is 0 Å². The zero-order valence-corrected chi connectivity index (χ0v) is 10.7. The van der Waals surface area contributed by atoms with E-state index in [1.807, 2.05) is 0 Å². The number of carbonyl (C=O) groups is 3. The predicted octanol–water partition coefficient (Wildman–Crippen LogP) is -1.04. The second kappa shape index (κ2) is 5.40. The summed E-state index contributed by atoms with van der Waals surface area (Å²) in [5.74, 6) is -0.282. The Bertz CT molecular complexity index is 413. The molecule has 0 aromatic heterocycles. The van der Waals surface area contributed by atoms with Gasteiger partial charge in [-0.15, -0.1) is 6.58 Å². The van der Waals surface area contributed by atoms with Crippen molar-refractivity contribution in [2.45, 2.75) is 18.4 Å². The van der Waals surface area contributed by atoms with Crippen molar-refractivity contribution < 1.29 is 14.4 Å². The number of rotatable bonds is 4. The lowest BCUT2D eigenvalue weighted by Gasteiger charge is -2.37. The van der Waals surface area contributed by atoms with Crippen LogP contribution in [0.4, 0.5) is 4.79 Å². The van der Waals surface area contributed by atoms with Crippen molar-refractivity contribution in [1.82, 2.24) is 20.9 Å². The third kappa shape index (κ3) is 2.76. The normalized spacial score (nSPS) is 21.2. The molecule has 1 spiro atoms. The molecule has 0 atom stereocenters. The molecule has 2 saturated heterocycles. The van der Waals surface area contributed by atoms with Gasteiger partial charge in [0.1, 0.15) is 5.54 Å². The van der Waals surface area contributed by atoms with Gasteiger partial charge in [0.15, 0.2) is 0 Å². The van der Waals surface area contributed by atoms with Gasteiger partial charge in [-0.3, -0.25) is 14.9 Å². The maximum absolute atomic E-state index is 11.9. The van der Waals surface area contributed by atoms with E-state index in [1.165, 1.54) is 0 Å². The monoisotopic (exact) mass is 266 g/mol. The molecule has 0 saturated carbocycles. The smallest absolute Gasteiger partial charge is 0.322 e. The second-order valence-corrected chi connectivity index (χ2v) is 4.79. The number of likely N-dealkylation sites (tertiary alicyclic amines) is 1. The highest BCUT2D eigenvalue weighted by atomic mass is 16.2. The maximum atomic E-state index is 11.9. The van der Waals surface area contributed by atoms with Crippen LogP contribution >= 0.6 is 0 Å². The van der Waals surface area contributed by atoms with E-state index in [0.29, 0.717) is 32.5 Å². The Morgan fingerprint density at radius 1 is 1.42 bits per heavy atom. The molecule has 7 heteroatoms. The number of carbonyl (C=O) groups excluding carboxylic acids is 3. The third-order valence-corrected chi connectivity index (χ3v) is 3.55. The Labute approximate surface area is 111 Å². The number of hydrogen-bond donors (Lipinski definition) is 3. The van der Waals surface area contributed by atoms with Crippen molar-refractivity contribution in [3.05, 3.63) is 12.7 Å². The van der Waals surface area contributed by atoms with Crippen molar-refractivity contribution in [3.8, 4) is 0 Å². The molecule has 104 valence electrons. The van der Waals surface area contributed by atoms with Gasteiger partial charge in [0.25, 0.3) is 5.91 Å². The van der Waals surface area contributed by atoms with Gasteiger partial charge >= 0.3 is 6.03 Å². The molecule has 2 aliphatic heterocycles. The van der Waals surface area contributed by atoms with Crippen LogP contribution in [0.2, 0.25) is 0 Å². The van der Waals surface area contributed by atoms with E-state index < -0.39 is 11.6 Å². The molecule has 2 rings (SSSR count). The molecule has 0 bridgehead atoms. The van der Waals surface area contributed by atoms with Gasteiger partial charge in [-0.2, -0.15) is 0 Å². The van der Waals surface area contributed by atoms with Gasteiger partial charge < -0.3 is 15.5 Å². The van der Waals surface area contributed by atoms with E-state index in [9.17, 15) is 14.4 Å². The molecule has 7 nitrogen and oxygen atoms in total. The van der Waals surface area contributed by atoms with E-state index in [0.717, 1.165) is 0 Å². The molecule has 0 aromatic carbocycles. The Morgan fingerprint density at radius 3 is 2.63 bits per heavy atom. The number of hydrogen-bond acceptors (Lipinski definition) is 4. The van der Waals surface area contributed by atoms with Gasteiger partial charge in [-0.05, 0) is 12.8 Å². The first-order valence-electron chi connectivity index (χ1n) is 6.30. The fourth-order valence-corrected chi connectivity index (χ4v) is 2.41. The van der Waals surface area contributed by atoms with Crippen LogP contribution in [0.3, 0.4) is 0 Å². The molecule has 3 N–H and O–H groups in total. The molecule has 2 heterocycles. The summed E-state index contributed by atoms with van der Waals surface area (Å²) in [6, 6.07) is -0.447. The molecule has 0 unspecified atom stereocenters. The molecular weight excluding hydrogens is 248 g/mol. The van der Waals surface area contributed by atoms with Crippen molar-refractivity contribution in [1.29, 1.82) is 0 Å². The number of amides is 4. The average molecular weight is 266 g/mol. The van der Waals surface area contributed by atoms with E-state index in [-0.39, 0.29) is 18.4 Å². The van der Waals surface area contributed by atoms with Crippen LogP contribution in [0, 0.1) is 0 Å². The van der Waals surface area contributed by atoms with Gasteiger partial charge in [0.2, 0.25) is 5.91 Å². The first-order valence-corrected chi connectivity index (χ1v) is 6.30. The Morgan fingerprint density at radius 2 is 2.11 bits per heavy atom. The zero-order valence-electron chi connectivity index (χ0n) is 10.7. The molecule has 2 fully saturated rings. The van der Waals surface area contributed by atoms with Crippen LogP contribution in [0.15, 0.2) is 12.7 Å². The zero-order chi connectivity index (χ0) is 13.9. The standard InChI is InChI=1S/C12H18N4O3/c1-2-5-13-8-9(17)16-6-3-12(4-7-16)10(18)14-11(19)15-12/h2,13H,1,3-8H2,(H2,14,15,18,19). The molecule has 2 aliphatic rings. The summed E-state index contributed by atoms with van der Waals surface area (Å²) >= 11 is 0. The van der Waals surface area contributed by atoms with E-state index in [1.54, 1.807) is 11.0 Å². The average Bonchev–Trinajstić information content (AvgIpc) is 2.65. The second-order valence-electron chi connectivity index (χ2n) is 4.79. The summed E-state index contributed by atoms with van der Waals surface area (Å²) in [6.45, 7) is 5.36. The van der Waals surface area contributed by atoms with Crippen LogP contribution in [-0.2, 0) is 9.59 Å². The number of piperidine rings is 1. The fourth-order valence-electron chi connectivity index (χ4n) is 2.41. The summed E-state index contributed by atoms with van der Waals surface area (Å²) in [7, 11) is 0. The van der Waals surface area contributed by atoms with Crippen molar-refractivity contribution in [2.75, 3.05) is 26.2 Å². The highest BCUT2D eigenvalue weighted by molar-refractivity contribution is 6.07. The largest absolute Gasteiger partial charge is 0.341 e. The summed E-state index contributed by atoms with van der Waals surface area (Å²) in [5, 5.41) is 7.86. The van der Waals surface area contributed by atoms with Crippen LogP contribution in [0.5, 0.6) is 0 Å². The Kier molecular flexibility index (Phi) is 3.84. The van der Waals surface area contributed by atoms with E-state index in [2.05, 4.69) is 22.5 Å². The van der Waals surface area contributed by atoms with Gasteiger partial charge in [-0.25, -0.2) is 4.79 Å². The highest BCUT2D eigenvalue weighted by Crippen LogP contribution is 2.25.